The minimum absolute atomic E-state index is 0.0545. The van der Waals surface area contributed by atoms with E-state index in [1.165, 1.54) is 0 Å². The molecular formula is C15H26O2Si. The maximum absolute atomic E-state index is 6.45. The van der Waals surface area contributed by atoms with Crippen LogP contribution in [0.3, 0.4) is 0 Å². The largest absolute Gasteiger partial charge is 0.467 e. The van der Waals surface area contributed by atoms with E-state index >= 15 is 0 Å². The van der Waals surface area contributed by atoms with E-state index in [-0.39, 0.29) is 11.1 Å². The summed E-state index contributed by atoms with van der Waals surface area (Å²) in [4.78, 5) is 0. The topological polar surface area (TPSA) is 22.4 Å². The summed E-state index contributed by atoms with van der Waals surface area (Å²) in [6, 6.07) is 3.92. The molecule has 0 spiro atoms. The number of allylic oxidation sites excluding steroid dienone is 1. The number of hydrogen-bond acceptors (Lipinski definition) is 2. The Morgan fingerprint density at radius 1 is 1.44 bits per heavy atom. The first-order valence-corrected chi connectivity index (χ1v) is 9.51. The minimum Gasteiger partial charge on any atom is -0.467 e. The highest BCUT2D eigenvalue weighted by Gasteiger charge is 2.39. The third kappa shape index (κ3) is 3.85. The summed E-state index contributed by atoms with van der Waals surface area (Å²) in [5, 5.41) is 0.214. The van der Waals surface area contributed by atoms with Crippen LogP contribution in [0.15, 0.2) is 35.5 Å². The molecule has 0 aromatic carbocycles. The molecule has 18 heavy (non-hydrogen) atoms. The maximum atomic E-state index is 6.45. The minimum atomic E-state index is -1.77. The van der Waals surface area contributed by atoms with Gasteiger partial charge in [-0.1, -0.05) is 26.8 Å². The van der Waals surface area contributed by atoms with Gasteiger partial charge in [-0.3, -0.25) is 0 Å². The molecule has 0 N–H and O–H groups in total. The first-order valence-electron chi connectivity index (χ1n) is 6.60. The van der Waals surface area contributed by atoms with Gasteiger partial charge in [-0.15, -0.1) is 6.58 Å². The fraction of sp³-hybridized carbons (Fsp3) is 0.600. The molecule has 0 unspecified atom stereocenters. The van der Waals surface area contributed by atoms with Gasteiger partial charge in [-0.05, 0) is 43.1 Å². The van der Waals surface area contributed by atoms with E-state index in [0.29, 0.717) is 0 Å². The van der Waals surface area contributed by atoms with Crippen molar-refractivity contribution in [3.8, 4) is 0 Å². The van der Waals surface area contributed by atoms with Gasteiger partial charge in [0.1, 0.15) is 11.9 Å². The lowest BCUT2D eigenvalue weighted by Gasteiger charge is -2.38. The van der Waals surface area contributed by atoms with Crippen LogP contribution in [0, 0.1) is 0 Å². The van der Waals surface area contributed by atoms with Crippen LogP contribution in [0.25, 0.3) is 0 Å². The van der Waals surface area contributed by atoms with Crippen molar-refractivity contribution in [3.63, 3.8) is 0 Å². The molecular weight excluding hydrogens is 240 g/mol. The van der Waals surface area contributed by atoms with Gasteiger partial charge >= 0.3 is 0 Å². The fourth-order valence-electron chi connectivity index (χ4n) is 1.54. The molecule has 1 aromatic heterocycles. The van der Waals surface area contributed by atoms with Gasteiger partial charge in [-0.2, -0.15) is 0 Å². The predicted molar refractivity (Wildman–Crippen MR) is 79.2 cm³/mol. The highest BCUT2D eigenvalue weighted by molar-refractivity contribution is 6.74. The van der Waals surface area contributed by atoms with Crippen LogP contribution in [0.2, 0.25) is 18.1 Å². The average Bonchev–Trinajstić information content (AvgIpc) is 2.75. The molecule has 0 saturated heterocycles. The second-order valence-corrected chi connectivity index (χ2v) is 11.0. The molecule has 1 atom stereocenters. The summed E-state index contributed by atoms with van der Waals surface area (Å²) in [6.45, 7) is 15.1. The maximum Gasteiger partial charge on any atom is 0.193 e. The van der Waals surface area contributed by atoms with Crippen LogP contribution in [0.1, 0.15) is 45.5 Å². The third-order valence-corrected chi connectivity index (χ3v) is 8.22. The zero-order valence-corrected chi connectivity index (χ0v) is 13.3. The first kappa shape index (κ1) is 15.3. The van der Waals surface area contributed by atoms with Crippen molar-refractivity contribution >= 4 is 8.32 Å². The van der Waals surface area contributed by atoms with Crippen LogP contribution in [0.4, 0.5) is 0 Å². The van der Waals surface area contributed by atoms with Crippen molar-refractivity contribution in [2.45, 2.75) is 57.8 Å². The highest BCUT2D eigenvalue weighted by atomic mass is 28.4. The lowest BCUT2D eigenvalue weighted by Crippen LogP contribution is -2.41. The monoisotopic (exact) mass is 266 g/mol. The van der Waals surface area contributed by atoms with Gasteiger partial charge in [-0.25, -0.2) is 0 Å². The van der Waals surface area contributed by atoms with E-state index in [0.717, 1.165) is 18.6 Å². The van der Waals surface area contributed by atoms with Crippen molar-refractivity contribution in [1.29, 1.82) is 0 Å². The molecule has 1 heterocycles. The molecule has 0 aliphatic heterocycles. The Labute approximate surface area is 112 Å². The second-order valence-electron chi connectivity index (χ2n) is 6.25. The van der Waals surface area contributed by atoms with E-state index in [9.17, 15) is 0 Å². The fourth-order valence-corrected chi connectivity index (χ4v) is 2.83. The van der Waals surface area contributed by atoms with Crippen molar-refractivity contribution in [2.75, 3.05) is 0 Å². The first-order chi connectivity index (χ1) is 8.28. The lowest BCUT2D eigenvalue weighted by atomic mass is 10.1. The Bertz CT molecular complexity index is 360. The Morgan fingerprint density at radius 3 is 2.56 bits per heavy atom. The van der Waals surface area contributed by atoms with Crippen molar-refractivity contribution in [1.82, 2.24) is 0 Å². The molecule has 3 heteroatoms. The summed E-state index contributed by atoms with van der Waals surface area (Å²) in [5.41, 5.74) is 0. The van der Waals surface area contributed by atoms with Gasteiger partial charge in [0.25, 0.3) is 0 Å². The van der Waals surface area contributed by atoms with Crippen LogP contribution < -0.4 is 0 Å². The molecule has 0 aliphatic rings. The van der Waals surface area contributed by atoms with Crippen LogP contribution in [-0.4, -0.2) is 8.32 Å². The standard InChI is InChI=1S/C15H26O2Si/c1-7-8-10-14(13-11-9-12-16-13)17-18(5,6)15(2,3)4/h7,9,11-12,14H,1,8,10H2,2-6H3/t14-/m1/s1. The van der Waals surface area contributed by atoms with E-state index in [4.69, 9.17) is 8.84 Å². The third-order valence-electron chi connectivity index (χ3n) is 3.74. The lowest BCUT2D eigenvalue weighted by molar-refractivity contribution is 0.149. The van der Waals surface area contributed by atoms with Gasteiger partial charge in [0, 0.05) is 0 Å². The van der Waals surface area contributed by atoms with Gasteiger partial charge in [0.15, 0.2) is 8.32 Å². The van der Waals surface area contributed by atoms with Crippen LogP contribution in [-0.2, 0) is 4.43 Å². The molecule has 0 amide bonds. The highest BCUT2D eigenvalue weighted by Crippen LogP contribution is 2.40. The summed E-state index contributed by atoms with van der Waals surface area (Å²) in [7, 11) is -1.77. The van der Waals surface area contributed by atoms with Gasteiger partial charge < -0.3 is 8.84 Å². The van der Waals surface area contributed by atoms with Crippen molar-refractivity contribution in [3.05, 3.63) is 36.8 Å². The summed E-state index contributed by atoms with van der Waals surface area (Å²) >= 11 is 0. The number of rotatable bonds is 6. The molecule has 102 valence electrons. The summed E-state index contributed by atoms with van der Waals surface area (Å²) in [6.07, 6.45) is 5.58. The predicted octanol–water partition coefficient (Wildman–Crippen LogP) is 5.31. The van der Waals surface area contributed by atoms with Crippen LogP contribution >= 0.6 is 0 Å². The summed E-state index contributed by atoms with van der Waals surface area (Å²) < 4.78 is 12.0. The van der Waals surface area contributed by atoms with Crippen molar-refractivity contribution < 1.29 is 8.84 Å². The quantitative estimate of drug-likeness (QED) is 0.514. The Balaban J connectivity index is 2.82. The zero-order chi connectivity index (χ0) is 13.8. The molecule has 2 nitrogen and oxygen atoms in total. The average molecular weight is 266 g/mol. The van der Waals surface area contributed by atoms with E-state index in [2.05, 4.69) is 40.4 Å². The number of hydrogen-bond donors (Lipinski definition) is 0. The van der Waals surface area contributed by atoms with E-state index in [1.54, 1.807) is 6.26 Å². The molecule has 0 aliphatic carbocycles. The molecule has 0 radical (unpaired) electrons. The number of furan rings is 1. The van der Waals surface area contributed by atoms with Crippen LogP contribution in [0.5, 0.6) is 0 Å². The smallest absolute Gasteiger partial charge is 0.193 e. The Morgan fingerprint density at radius 2 is 2.11 bits per heavy atom. The molecule has 0 bridgehead atoms. The summed E-state index contributed by atoms with van der Waals surface area (Å²) in [5.74, 6) is 0.932. The SMILES string of the molecule is C=CCC[C@@H](O[Si](C)(C)C(C)(C)C)c1ccco1. The molecule has 1 rings (SSSR count). The van der Waals surface area contributed by atoms with Gasteiger partial charge in [0.05, 0.1) is 6.26 Å². The van der Waals surface area contributed by atoms with Crippen molar-refractivity contribution in [2.24, 2.45) is 0 Å². The Kier molecular flexibility index (Phi) is 4.99. The van der Waals surface area contributed by atoms with Gasteiger partial charge in [0.2, 0.25) is 0 Å². The second kappa shape index (κ2) is 5.89. The van der Waals surface area contributed by atoms with E-state index < -0.39 is 8.32 Å². The molecule has 0 fully saturated rings. The Hall–Kier alpha value is -0.803. The molecule has 1 aromatic rings. The molecule has 0 saturated carbocycles. The van der Waals surface area contributed by atoms with E-state index in [1.807, 2.05) is 18.2 Å². The normalized spacial score (nSPS) is 14.5. The zero-order valence-electron chi connectivity index (χ0n) is 12.3.